The summed E-state index contributed by atoms with van der Waals surface area (Å²) in [5.74, 6) is -1.85. The van der Waals surface area contributed by atoms with Crippen LogP contribution < -0.4 is 10.3 Å². The molecule has 1 heterocycles. The second-order valence-electron chi connectivity index (χ2n) is 4.01. The second kappa shape index (κ2) is 5.31. The quantitative estimate of drug-likeness (QED) is 0.913. The average molecular weight is 299 g/mol. The highest BCUT2D eigenvalue weighted by Crippen LogP contribution is 2.29. The van der Waals surface area contributed by atoms with Crippen molar-refractivity contribution in [2.45, 2.75) is 6.36 Å². The number of halogens is 3. The van der Waals surface area contributed by atoms with Crippen molar-refractivity contribution in [2.75, 3.05) is 0 Å². The van der Waals surface area contributed by atoms with Gasteiger partial charge in [0.25, 0.3) is 0 Å². The lowest BCUT2D eigenvalue weighted by atomic mass is 10.0. The molecule has 21 heavy (non-hydrogen) atoms. The number of hydrogen-bond donors (Lipinski definition) is 2. The molecule has 2 N–H and O–H groups in total. The van der Waals surface area contributed by atoms with Crippen LogP contribution in [0, 0.1) is 0 Å². The molecule has 0 aliphatic carbocycles. The number of alkyl halides is 3. The van der Waals surface area contributed by atoms with Gasteiger partial charge in [0.15, 0.2) is 0 Å². The smallest absolute Gasteiger partial charge is 0.478 e. The summed E-state index contributed by atoms with van der Waals surface area (Å²) in [5, 5.41) is 9.04. The van der Waals surface area contributed by atoms with Crippen molar-refractivity contribution >= 4 is 5.97 Å². The van der Waals surface area contributed by atoms with Crippen LogP contribution in [0.25, 0.3) is 11.1 Å². The molecule has 0 fully saturated rings. The first kappa shape index (κ1) is 14.6. The summed E-state index contributed by atoms with van der Waals surface area (Å²) >= 11 is 0. The fourth-order valence-electron chi connectivity index (χ4n) is 1.75. The summed E-state index contributed by atoms with van der Waals surface area (Å²) in [6.45, 7) is 0. The van der Waals surface area contributed by atoms with E-state index in [1.54, 1.807) is 0 Å². The number of carboxylic acids is 1. The van der Waals surface area contributed by atoms with Crippen LogP contribution in [0.1, 0.15) is 10.4 Å². The molecule has 0 bridgehead atoms. The van der Waals surface area contributed by atoms with Crippen LogP contribution >= 0.6 is 0 Å². The van der Waals surface area contributed by atoms with Crippen LogP contribution in [0.3, 0.4) is 0 Å². The highest BCUT2D eigenvalue weighted by molar-refractivity contribution is 5.95. The van der Waals surface area contributed by atoms with E-state index in [0.29, 0.717) is 0 Å². The van der Waals surface area contributed by atoms with E-state index in [-0.39, 0.29) is 16.7 Å². The predicted molar refractivity (Wildman–Crippen MR) is 66.1 cm³/mol. The van der Waals surface area contributed by atoms with Gasteiger partial charge in [-0.05, 0) is 17.7 Å². The van der Waals surface area contributed by atoms with E-state index in [0.717, 1.165) is 24.4 Å². The van der Waals surface area contributed by atoms with Crippen molar-refractivity contribution in [1.29, 1.82) is 0 Å². The minimum atomic E-state index is -4.85. The number of carboxylic acid groups (broad SMARTS) is 1. The van der Waals surface area contributed by atoms with Gasteiger partial charge in [-0.3, -0.25) is 4.79 Å². The molecule has 0 unspecified atom stereocenters. The number of aromatic amines is 1. The fraction of sp³-hybridized carbons (Fsp3) is 0.0769. The van der Waals surface area contributed by atoms with E-state index in [4.69, 9.17) is 5.11 Å². The van der Waals surface area contributed by atoms with Gasteiger partial charge in [0.2, 0.25) is 5.56 Å². The Balaban J connectivity index is 2.50. The minimum Gasteiger partial charge on any atom is -0.478 e. The zero-order valence-corrected chi connectivity index (χ0v) is 10.3. The number of carbonyl (C=O) groups is 1. The van der Waals surface area contributed by atoms with Gasteiger partial charge in [-0.25, -0.2) is 4.79 Å². The van der Waals surface area contributed by atoms with E-state index in [9.17, 15) is 22.8 Å². The molecular formula is C13H8F3NO4. The van der Waals surface area contributed by atoms with E-state index in [1.807, 2.05) is 0 Å². The van der Waals surface area contributed by atoms with Crippen molar-refractivity contribution in [3.05, 3.63) is 52.4 Å². The molecular weight excluding hydrogens is 291 g/mol. The number of nitrogens with one attached hydrogen (secondary N) is 1. The Kier molecular flexibility index (Phi) is 3.70. The molecule has 0 aliphatic heterocycles. The molecule has 0 atom stereocenters. The summed E-state index contributed by atoms with van der Waals surface area (Å²) < 4.78 is 40.3. The molecule has 0 spiro atoms. The number of rotatable bonds is 3. The zero-order chi connectivity index (χ0) is 15.6. The standard InChI is InChI=1S/C13H8F3NO4/c14-13(15,16)21-8-3-1-2-7(4-8)10-6-17-11(18)5-9(10)12(19)20/h1-6H,(H,17,18)(H,19,20). The van der Waals surface area contributed by atoms with E-state index in [1.165, 1.54) is 12.1 Å². The molecule has 0 aliphatic rings. The van der Waals surface area contributed by atoms with Gasteiger partial charge < -0.3 is 14.8 Å². The first-order valence-corrected chi connectivity index (χ1v) is 5.58. The molecule has 1 aromatic carbocycles. The lowest BCUT2D eigenvalue weighted by Gasteiger charge is -2.11. The third-order valence-corrected chi connectivity index (χ3v) is 2.53. The van der Waals surface area contributed by atoms with Gasteiger partial charge in [-0.1, -0.05) is 12.1 Å². The SMILES string of the molecule is O=C(O)c1cc(=O)[nH]cc1-c1cccc(OC(F)(F)F)c1. The Morgan fingerprint density at radius 1 is 1.24 bits per heavy atom. The molecule has 5 nitrogen and oxygen atoms in total. The van der Waals surface area contributed by atoms with Crippen LogP contribution in [0.15, 0.2) is 41.3 Å². The molecule has 8 heteroatoms. The van der Waals surface area contributed by atoms with Gasteiger partial charge in [-0.15, -0.1) is 13.2 Å². The van der Waals surface area contributed by atoms with Crippen LogP contribution in [-0.4, -0.2) is 22.4 Å². The molecule has 0 radical (unpaired) electrons. The Hall–Kier alpha value is -2.77. The summed E-state index contributed by atoms with van der Waals surface area (Å²) in [6.07, 6.45) is -3.72. The van der Waals surface area contributed by atoms with Crippen molar-refractivity contribution in [3.63, 3.8) is 0 Å². The monoisotopic (exact) mass is 299 g/mol. The number of aromatic carboxylic acids is 1. The summed E-state index contributed by atoms with van der Waals surface area (Å²) in [5.41, 5.74) is -0.693. The van der Waals surface area contributed by atoms with Crippen molar-refractivity contribution in [1.82, 2.24) is 4.98 Å². The Morgan fingerprint density at radius 3 is 2.57 bits per heavy atom. The number of H-pyrrole nitrogens is 1. The van der Waals surface area contributed by atoms with E-state index in [2.05, 4.69) is 9.72 Å². The second-order valence-corrected chi connectivity index (χ2v) is 4.01. The van der Waals surface area contributed by atoms with Crippen LogP contribution in [0.4, 0.5) is 13.2 Å². The third-order valence-electron chi connectivity index (χ3n) is 2.53. The topological polar surface area (TPSA) is 79.4 Å². The van der Waals surface area contributed by atoms with Crippen molar-refractivity contribution < 1.29 is 27.8 Å². The maximum Gasteiger partial charge on any atom is 0.573 e. The lowest BCUT2D eigenvalue weighted by molar-refractivity contribution is -0.274. The molecule has 110 valence electrons. The number of benzene rings is 1. The lowest BCUT2D eigenvalue weighted by Crippen LogP contribution is -2.17. The van der Waals surface area contributed by atoms with Crippen molar-refractivity contribution in [3.8, 4) is 16.9 Å². The van der Waals surface area contributed by atoms with Crippen LogP contribution in [0.2, 0.25) is 0 Å². The van der Waals surface area contributed by atoms with Gasteiger partial charge in [0.1, 0.15) is 5.75 Å². The number of ether oxygens (including phenoxy) is 1. The molecule has 0 saturated carbocycles. The zero-order valence-electron chi connectivity index (χ0n) is 10.3. The number of pyridine rings is 1. The fourth-order valence-corrected chi connectivity index (χ4v) is 1.75. The first-order valence-electron chi connectivity index (χ1n) is 5.58. The van der Waals surface area contributed by atoms with E-state index >= 15 is 0 Å². The molecule has 0 saturated heterocycles. The largest absolute Gasteiger partial charge is 0.573 e. The molecule has 2 rings (SSSR count). The van der Waals surface area contributed by atoms with Gasteiger partial charge in [0.05, 0.1) is 5.56 Å². The molecule has 1 aromatic heterocycles. The number of aromatic nitrogens is 1. The molecule has 2 aromatic rings. The van der Waals surface area contributed by atoms with Crippen LogP contribution in [-0.2, 0) is 0 Å². The van der Waals surface area contributed by atoms with Crippen LogP contribution in [0.5, 0.6) is 5.75 Å². The average Bonchev–Trinajstić information content (AvgIpc) is 2.36. The van der Waals surface area contributed by atoms with Gasteiger partial charge in [0, 0.05) is 17.8 Å². The predicted octanol–water partition coefficient (Wildman–Crippen LogP) is 2.64. The normalized spacial score (nSPS) is 11.2. The highest BCUT2D eigenvalue weighted by atomic mass is 19.4. The Labute approximate surface area is 115 Å². The van der Waals surface area contributed by atoms with Gasteiger partial charge >= 0.3 is 12.3 Å². The minimum absolute atomic E-state index is 0.0784. The Morgan fingerprint density at radius 2 is 1.95 bits per heavy atom. The maximum atomic E-state index is 12.2. The first-order chi connectivity index (χ1) is 9.76. The maximum absolute atomic E-state index is 12.2. The van der Waals surface area contributed by atoms with Gasteiger partial charge in [-0.2, -0.15) is 0 Å². The summed E-state index contributed by atoms with van der Waals surface area (Å²) in [4.78, 5) is 24.5. The van der Waals surface area contributed by atoms with E-state index < -0.39 is 23.6 Å². The third kappa shape index (κ3) is 3.62. The Bertz CT molecular complexity index is 737. The van der Waals surface area contributed by atoms with Crippen molar-refractivity contribution in [2.24, 2.45) is 0 Å². The molecule has 0 amide bonds. The highest BCUT2D eigenvalue weighted by Gasteiger charge is 2.31. The summed E-state index contributed by atoms with van der Waals surface area (Å²) in [7, 11) is 0. The number of hydrogen-bond acceptors (Lipinski definition) is 3. The summed E-state index contributed by atoms with van der Waals surface area (Å²) in [6, 6.07) is 5.67.